The molecule has 5 nitrogen and oxygen atoms in total. The van der Waals surface area contributed by atoms with Gasteiger partial charge in [-0.2, -0.15) is 0 Å². The first-order valence-electron chi connectivity index (χ1n) is 15.3. The smallest absolute Gasteiger partial charge is 0.228 e. The van der Waals surface area contributed by atoms with E-state index in [1.54, 1.807) is 22.7 Å². The maximum atomic E-state index is 6.22. The van der Waals surface area contributed by atoms with E-state index in [1.165, 1.54) is 20.2 Å². The molecule has 4 aromatic heterocycles. The molecule has 47 heavy (non-hydrogen) atoms. The summed E-state index contributed by atoms with van der Waals surface area (Å²) in [6.45, 7) is 0. The quantitative estimate of drug-likeness (QED) is 0.192. The topological polar surface area (TPSA) is 64.7 Å². The Balaban J connectivity index is 1.23. The van der Waals surface area contributed by atoms with E-state index < -0.39 is 0 Å². The zero-order valence-corrected chi connectivity index (χ0v) is 26.3. The average Bonchev–Trinajstić information content (AvgIpc) is 3.85. The zero-order valence-electron chi connectivity index (χ0n) is 24.7. The molecular formula is C40H22N4OS2. The summed E-state index contributed by atoms with van der Waals surface area (Å²) in [6, 6.07) is 45.7. The van der Waals surface area contributed by atoms with E-state index in [9.17, 15) is 0 Å². The number of benzene rings is 6. The number of rotatable bonds is 4. The van der Waals surface area contributed by atoms with E-state index in [0.717, 1.165) is 53.5 Å². The number of nitrogens with zero attached hydrogens (tertiary/aromatic N) is 4. The maximum absolute atomic E-state index is 6.22. The highest BCUT2D eigenvalue weighted by Gasteiger charge is 2.21. The van der Waals surface area contributed by atoms with Gasteiger partial charge in [-0.25, -0.2) is 19.9 Å². The van der Waals surface area contributed by atoms with Crippen molar-refractivity contribution in [2.24, 2.45) is 0 Å². The monoisotopic (exact) mass is 638 g/mol. The molecular weight excluding hydrogens is 617 g/mol. The van der Waals surface area contributed by atoms with Crippen LogP contribution in [0, 0.1) is 0 Å². The molecule has 6 aromatic carbocycles. The average molecular weight is 639 g/mol. The van der Waals surface area contributed by atoms with Crippen molar-refractivity contribution in [2.75, 3.05) is 0 Å². The molecule has 7 heteroatoms. The van der Waals surface area contributed by atoms with Crippen LogP contribution in [-0.4, -0.2) is 19.9 Å². The predicted octanol–water partition coefficient (Wildman–Crippen LogP) is 11.4. The fraction of sp³-hybridized carbons (Fsp3) is 0. The Morgan fingerprint density at radius 2 is 1.04 bits per heavy atom. The molecule has 0 unspecified atom stereocenters. The summed E-state index contributed by atoms with van der Waals surface area (Å²) < 4.78 is 10.9. The highest BCUT2D eigenvalue weighted by Crippen LogP contribution is 2.44. The van der Waals surface area contributed by atoms with Crippen LogP contribution in [0.4, 0.5) is 0 Å². The molecule has 0 spiro atoms. The summed E-state index contributed by atoms with van der Waals surface area (Å²) in [5.74, 6) is 2.57. The Labute approximate surface area is 276 Å². The number of oxazole rings is 1. The summed E-state index contributed by atoms with van der Waals surface area (Å²) in [4.78, 5) is 20.3. The van der Waals surface area contributed by atoms with E-state index in [0.29, 0.717) is 23.4 Å². The third kappa shape index (κ3) is 4.21. The number of thiophene rings is 2. The van der Waals surface area contributed by atoms with Crippen LogP contribution in [0.2, 0.25) is 0 Å². The van der Waals surface area contributed by atoms with Crippen LogP contribution in [-0.2, 0) is 0 Å². The molecule has 0 saturated heterocycles. The molecule has 0 fully saturated rings. The van der Waals surface area contributed by atoms with Crippen LogP contribution in [0.1, 0.15) is 0 Å². The van der Waals surface area contributed by atoms with Gasteiger partial charge < -0.3 is 4.42 Å². The first-order valence-corrected chi connectivity index (χ1v) is 16.9. The predicted molar refractivity (Wildman–Crippen MR) is 195 cm³/mol. The van der Waals surface area contributed by atoms with Crippen LogP contribution >= 0.6 is 22.7 Å². The van der Waals surface area contributed by atoms with E-state index >= 15 is 0 Å². The van der Waals surface area contributed by atoms with Gasteiger partial charge in [0.05, 0.1) is 5.56 Å². The Hall–Kier alpha value is -5.76. The molecule has 0 aliphatic heterocycles. The minimum atomic E-state index is 0.620. The minimum absolute atomic E-state index is 0.620. The SMILES string of the molecule is c1ccc(-c2nc(-c3cccc4c3sc3c(-c5nc6ccccc6o5)cccc34)nc(-c3cccc4sc5ccccc5c34)n2)cc1. The van der Waals surface area contributed by atoms with E-state index in [2.05, 4.69) is 91.0 Å². The standard InChI is InChI=1S/C40H22N4OS2/c1-2-11-23(12-3-1)37-42-38(27-16-10-22-33-34(27)26-13-4-7-21-32(26)46-33)44-39(43-37)28-17-8-14-24-25-15-9-18-29(36(25)47-35(24)28)40-41-30-19-5-6-20-31(30)45-40/h1-22H. The fourth-order valence-electron chi connectivity index (χ4n) is 6.45. The first kappa shape index (κ1) is 26.5. The molecule has 0 atom stereocenters. The van der Waals surface area contributed by atoms with Crippen molar-refractivity contribution in [1.82, 2.24) is 19.9 Å². The second kappa shape index (κ2) is 10.4. The van der Waals surface area contributed by atoms with Gasteiger partial charge >= 0.3 is 0 Å². The summed E-state index contributed by atoms with van der Waals surface area (Å²) in [5, 5.41) is 4.69. The number of fused-ring (bicyclic) bond motifs is 7. The zero-order chi connectivity index (χ0) is 30.9. The van der Waals surface area contributed by atoms with Gasteiger partial charge in [0.25, 0.3) is 0 Å². The highest BCUT2D eigenvalue weighted by atomic mass is 32.1. The Kier molecular flexibility index (Phi) is 5.85. The number of para-hydroxylation sites is 2. The lowest BCUT2D eigenvalue weighted by Gasteiger charge is -2.10. The lowest BCUT2D eigenvalue weighted by molar-refractivity contribution is 0.621. The molecule has 10 rings (SSSR count). The Bertz CT molecular complexity index is 2780. The summed E-state index contributed by atoms with van der Waals surface area (Å²) in [6.07, 6.45) is 0. The third-order valence-corrected chi connectivity index (χ3v) is 11.0. The summed E-state index contributed by atoms with van der Waals surface area (Å²) in [7, 11) is 0. The number of hydrogen-bond donors (Lipinski definition) is 0. The highest BCUT2D eigenvalue weighted by molar-refractivity contribution is 7.27. The molecule has 4 heterocycles. The molecule has 0 amide bonds. The summed E-state index contributed by atoms with van der Waals surface area (Å²) >= 11 is 3.52. The van der Waals surface area contributed by atoms with Crippen LogP contribution in [0.5, 0.6) is 0 Å². The van der Waals surface area contributed by atoms with E-state index in [4.69, 9.17) is 24.4 Å². The molecule has 0 saturated carbocycles. The van der Waals surface area contributed by atoms with Crippen LogP contribution < -0.4 is 0 Å². The van der Waals surface area contributed by atoms with Gasteiger partial charge in [-0.15, -0.1) is 22.7 Å². The van der Waals surface area contributed by atoms with E-state index in [1.807, 2.05) is 42.5 Å². The van der Waals surface area contributed by atoms with Crippen molar-refractivity contribution in [1.29, 1.82) is 0 Å². The third-order valence-electron chi connectivity index (χ3n) is 8.60. The second-order valence-electron chi connectivity index (χ2n) is 11.4. The van der Waals surface area contributed by atoms with Gasteiger partial charge in [0.15, 0.2) is 23.1 Å². The number of aromatic nitrogens is 4. The van der Waals surface area contributed by atoms with Crippen LogP contribution in [0.15, 0.2) is 138 Å². The molecule has 0 bridgehead atoms. The lowest BCUT2D eigenvalue weighted by atomic mass is 10.0. The molecule has 0 N–H and O–H groups in total. The normalized spacial score (nSPS) is 11.8. The van der Waals surface area contributed by atoms with Gasteiger partial charge in [-0.3, -0.25) is 0 Å². The molecule has 10 aromatic rings. The molecule has 0 radical (unpaired) electrons. The molecule has 0 aliphatic rings. The molecule has 0 aliphatic carbocycles. The first-order chi connectivity index (χ1) is 23.3. The summed E-state index contributed by atoms with van der Waals surface area (Å²) in [5.41, 5.74) is 5.52. The number of hydrogen-bond acceptors (Lipinski definition) is 7. The van der Waals surface area contributed by atoms with Gasteiger partial charge in [0, 0.05) is 57.0 Å². The minimum Gasteiger partial charge on any atom is -0.436 e. The Morgan fingerprint density at radius 3 is 1.89 bits per heavy atom. The van der Waals surface area contributed by atoms with Crippen molar-refractivity contribution in [3.8, 4) is 45.6 Å². The van der Waals surface area contributed by atoms with Gasteiger partial charge in [-0.1, -0.05) is 97.1 Å². The fourth-order valence-corrected chi connectivity index (χ4v) is 8.89. The van der Waals surface area contributed by atoms with Gasteiger partial charge in [0.2, 0.25) is 5.89 Å². The van der Waals surface area contributed by atoms with Crippen LogP contribution in [0.25, 0.3) is 97.1 Å². The van der Waals surface area contributed by atoms with Crippen LogP contribution in [0.3, 0.4) is 0 Å². The van der Waals surface area contributed by atoms with Gasteiger partial charge in [0.1, 0.15) is 5.52 Å². The van der Waals surface area contributed by atoms with E-state index in [-0.39, 0.29) is 0 Å². The second-order valence-corrected chi connectivity index (χ2v) is 13.5. The van der Waals surface area contributed by atoms with Crippen molar-refractivity contribution < 1.29 is 4.42 Å². The maximum Gasteiger partial charge on any atom is 0.228 e. The molecule has 220 valence electrons. The van der Waals surface area contributed by atoms with Gasteiger partial charge in [-0.05, 0) is 36.4 Å². The van der Waals surface area contributed by atoms with Crippen molar-refractivity contribution >= 4 is 74.1 Å². The van der Waals surface area contributed by atoms with Crippen molar-refractivity contribution in [2.45, 2.75) is 0 Å². The largest absolute Gasteiger partial charge is 0.436 e. The Morgan fingerprint density at radius 1 is 0.426 bits per heavy atom. The van der Waals surface area contributed by atoms with Crippen molar-refractivity contribution in [3.05, 3.63) is 133 Å². The lowest BCUT2D eigenvalue weighted by Crippen LogP contribution is -2.00. The van der Waals surface area contributed by atoms with Crippen molar-refractivity contribution in [3.63, 3.8) is 0 Å².